The van der Waals surface area contributed by atoms with Gasteiger partial charge in [-0.25, -0.2) is 0 Å². The topological polar surface area (TPSA) is 37.3 Å². The SMILES string of the molecule is O=C(O)Cc1ccc(-c2ccc(C(F)(F)F)cc2Cl)c(-c2ccc(C(F)(F)F)cc2)c1. The number of carbonyl (C=O) groups is 1. The van der Waals surface area contributed by atoms with Crippen molar-refractivity contribution in [1.29, 1.82) is 0 Å². The summed E-state index contributed by atoms with van der Waals surface area (Å²) in [6.45, 7) is 0. The standard InChI is InChI=1S/C22H13ClF6O2/c23-19-11-15(22(27,28)29)6-8-17(19)16-7-1-12(10-20(30)31)9-18(16)13-2-4-14(5-3-13)21(24,25)26/h1-9,11H,10H2,(H,30,31). The summed E-state index contributed by atoms with van der Waals surface area (Å²) in [5.74, 6) is -1.11. The van der Waals surface area contributed by atoms with Crippen molar-refractivity contribution in [1.82, 2.24) is 0 Å². The van der Waals surface area contributed by atoms with Gasteiger partial charge in [0, 0.05) is 10.6 Å². The van der Waals surface area contributed by atoms with Gasteiger partial charge in [0.25, 0.3) is 0 Å². The van der Waals surface area contributed by atoms with Crippen molar-refractivity contribution in [2.24, 2.45) is 0 Å². The third-order valence-corrected chi connectivity index (χ3v) is 4.86. The highest BCUT2D eigenvalue weighted by Crippen LogP contribution is 2.40. The molecule has 0 unspecified atom stereocenters. The molecular formula is C22H13ClF6O2. The van der Waals surface area contributed by atoms with E-state index in [9.17, 15) is 31.1 Å². The van der Waals surface area contributed by atoms with Crippen LogP contribution in [0.1, 0.15) is 16.7 Å². The number of hydrogen-bond donors (Lipinski definition) is 1. The van der Waals surface area contributed by atoms with Gasteiger partial charge >= 0.3 is 18.3 Å². The maximum atomic E-state index is 12.9. The van der Waals surface area contributed by atoms with E-state index in [0.717, 1.165) is 24.3 Å². The van der Waals surface area contributed by atoms with Crippen LogP contribution in [0.25, 0.3) is 22.3 Å². The first-order valence-electron chi connectivity index (χ1n) is 8.76. The molecule has 3 aromatic rings. The lowest BCUT2D eigenvalue weighted by Crippen LogP contribution is -2.05. The number of alkyl halides is 6. The Morgan fingerprint density at radius 2 is 1.29 bits per heavy atom. The van der Waals surface area contributed by atoms with Gasteiger partial charge < -0.3 is 5.11 Å². The summed E-state index contributed by atoms with van der Waals surface area (Å²) in [6, 6.07) is 11.4. The molecule has 0 aliphatic carbocycles. The molecule has 0 bridgehead atoms. The Labute approximate surface area is 177 Å². The number of aliphatic carboxylic acids is 1. The Hall–Kier alpha value is -3.00. The van der Waals surface area contributed by atoms with E-state index in [0.29, 0.717) is 22.3 Å². The molecule has 0 aromatic heterocycles. The van der Waals surface area contributed by atoms with E-state index in [1.807, 2.05) is 0 Å². The molecule has 0 heterocycles. The number of rotatable bonds is 4. The van der Waals surface area contributed by atoms with E-state index in [2.05, 4.69) is 0 Å². The van der Waals surface area contributed by atoms with Gasteiger partial charge in [0.15, 0.2) is 0 Å². The number of benzene rings is 3. The number of halogens is 7. The molecule has 31 heavy (non-hydrogen) atoms. The smallest absolute Gasteiger partial charge is 0.416 e. The third kappa shape index (κ3) is 5.19. The lowest BCUT2D eigenvalue weighted by molar-refractivity contribution is -0.138. The van der Waals surface area contributed by atoms with Gasteiger partial charge in [-0.3, -0.25) is 4.79 Å². The molecule has 3 rings (SSSR count). The minimum Gasteiger partial charge on any atom is -0.481 e. The van der Waals surface area contributed by atoms with Crippen LogP contribution in [0.4, 0.5) is 26.3 Å². The van der Waals surface area contributed by atoms with Gasteiger partial charge in [-0.05, 0) is 52.6 Å². The first-order chi connectivity index (χ1) is 14.4. The zero-order valence-corrected chi connectivity index (χ0v) is 16.2. The fraction of sp³-hybridized carbons (Fsp3) is 0.136. The monoisotopic (exact) mass is 458 g/mol. The highest BCUT2D eigenvalue weighted by molar-refractivity contribution is 6.33. The van der Waals surface area contributed by atoms with Crippen molar-refractivity contribution < 1.29 is 36.2 Å². The molecule has 1 N–H and O–H groups in total. The fourth-order valence-corrected chi connectivity index (χ4v) is 3.38. The summed E-state index contributed by atoms with van der Waals surface area (Å²) in [4.78, 5) is 11.1. The summed E-state index contributed by atoms with van der Waals surface area (Å²) in [7, 11) is 0. The van der Waals surface area contributed by atoms with Crippen LogP contribution in [0.15, 0.2) is 60.7 Å². The highest BCUT2D eigenvalue weighted by atomic mass is 35.5. The molecule has 0 spiro atoms. The van der Waals surface area contributed by atoms with E-state index in [4.69, 9.17) is 16.7 Å². The Morgan fingerprint density at radius 1 is 0.742 bits per heavy atom. The van der Waals surface area contributed by atoms with E-state index in [1.54, 1.807) is 0 Å². The Balaban J connectivity index is 2.16. The predicted octanol–water partition coefficient (Wildman–Crippen LogP) is 7.34. The first kappa shape index (κ1) is 22.7. The maximum Gasteiger partial charge on any atom is 0.416 e. The van der Waals surface area contributed by atoms with Crippen molar-refractivity contribution in [3.63, 3.8) is 0 Å². The second kappa shape index (κ2) is 8.26. The normalized spacial score (nSPS) is 12.1. The average molecular weight is 459 g/mol. The van der Waals surface area contributed by atoms with Gasteiger partial charge in [0.05, 0.1) is 17.5 Å². The minimum absolute atomic E-state index is 0.200. The van der Waals surface area contributed by atoms with Crippen molar-refractivity contribution in [3.8, 4) is 22.3 Å². The predicted molar refractivity (Wildman–Crippen MR) is 104 cm³/mol. The Kier molecular flexibility index (Phi) is 6.04. The highest BCUT2D eigenvalue weighted by Gasteiger charge is 2.31. The fourth-order valence-electron chi connectivity index (χ4n) is 3.10. The molecule has 0 aliphatic heterocycles. The Bertz CT molecular complexity index is 1120. The molecule has 0 saturated carbocycles. The summed E-state index contributed by atoms with van der Waals surface area (Å²) in [5.41, 5.74) is -0.194. The summed E-state index contributed by atoms with van der Waals surface area (Å²) in [6.07, 6.45) is -9.47. The van der Waals surface area contributed by atoms with Crippen molar-refractivity contribution in [3.05, 3.63) is 82.4 Å². The van der Waals surface area contributed by atoms with Gasteiger partial charge in [-0.15, -0.1) is 0 Å². The number of carboxylic acid groups (broad SMARTS) is 1. The molecular weight excluding hydrogens is 446 g/mol. The van der Waals surface area contributed by atoms with Gasteiger partial charge in [0.1, 0.15) is 0 Å². The van der Waals surface area contributed by atoms with Crippen LogP contribution in [0.2, 0.25) is 5.02 Å². The molecule has 0 radical (unpaired) electrons. The van der Waals surface area contributed by atoms with Crippen LogP contribution in [-0.4, -0.2) is 11.1 Å². The van der Waals surface area contributed by atoms with E-state index in [1.165, 1.54) is 36.4 Å². The first-order valence-corrected chi connectivity index (χ1v) is 9.13. The van der Waals surface area contributed by atoms with Crippen LogP contribution in [0, 0.1) is 0 Å². The van der Waals surface area contributed by atoms with E-state index in [-0.39, 0.29) is 17.0 Å². The van der Waals surface area contributed by atoms with Crippen LogP contribution < -0.4 is 0 Å². The van der Waals surface area contributed by atoms with Crippen LogP contribution in [0.5, 0.6) is 0 Å². The number of carboxylic acids is 1. The van der Waals surface area contributed by atoms with Crippen molar-refractivity contribution in [2.45, 2.75) is 18.8 Å². The van der Waals surface area contributed by atoms with Crippen molar-refractivity contribution >= 4 is 17.6 Å². The van der Waals surface area contributed by atoms with Gasteiger partial charge in [0.2, 0.25) is 0 Å². The van der Waals surface area contributed by atoms with Crippen LogP contribution >= 0.6 is 11.6 Å². The third-order valence-electron chi connectivity index (χ3n) is 4.55. The largest absolute Gasteiger partial charge is 0.481 e. The maximum absolute atomic E-state index is 12.9. The average Bonchev–Trinajstić information content (AvgIpc) is 2.66. The second-order valence-electron chi connectivity index (χ2n) is 6.72. The number of hydrogen-bond acceptors (Lipinski definition) is 1. The molecule has 0 saturated heterocycles. The van der Waals surface area contributed by atoms with Gasteiger partial charge in [-0.1, -0.05) is 41.9 Å². The quantitative estimate of drug-likeness (QED) is 0.415. The lowest BCUT2D eigenvalue weighted by Gasteiger charge is -2.16. The van der Waals surface area contributed by atoms with Crippen LogP contribution in [0.3, 0.4) is 0 Å². The Morgan fingerprint density at radius 3 is 1.81 bits per heavy atom. The molecule has 0 atom stereocenters. The summed E-state index contributed by atoms with van der Waals surface area (Å²) >= 11 is 6.10. The molecule has 0 fully saturated rings. The molecule has 0 amide bonds. The summed E-state index contributed by atoms with van der Waals surface area (Å²) < 4.78 is 77.5. The van der Waals surface area contributed by atoms with E-state index >= 15 is 0 Å². The second-order valence-corrected chi connectivity index (χ2v) is 7.13. The van der Waals surface area contributed by atoms with Crippen LogP contribution in [-0.2, 0) is 23.6 Å². The van der Waals surface area contributed by atoms with Crippen molar-refractivity contribution in [2.75, 3.05) is 0 Å². The zero-order valence-electron chi connectivity index (χ0n) is 15.5. The lowest BCUT2D eigenvalue weighted by atomic mass is 9.91. The molecule has 2 nitrogen and oxygen atoms in total. The molecule has 3 aromatic carbocycles. The molecule has 0 aliphatic rings. The molecule has 162 valence electrons. The minimum atomic E-state index is -4.59. The summed E-state index contributed by atoms with van der Waals surface area (Å²) in [5, 5.41) is 8.84. The van der Waals surface area contributed by atoms with Gasteiger partial charge in [-0.2, -0.15) is 26.3 Å². The molecule has 9 heteroatoms. The zero-order chi connectivity index (χ0) is 23.0. The van der Waals surface area contributed by atoms with E-state index < -0.39 is 29.4 Å².